The second-order valence-electron chi connectivity index (χ2n) is 9.77. The summed E-state index contributed by atoms with van der Waals surface area (Å²) in [6.45, 7) is 12.3. The van der Waals surface area contributed by atoms with E-state index in [0.29, 0.717) is 11.1 Å². The summed E-state index contributed by atoms with van der Waals surface area (Å²) in [7, 11) is 0. The molecule has 0 fully saturated rings. The zero-order valence-electron chi connectivity index (χ0n) is 24.5. The molecule has 0 atom stereocenters. The summed E-state index contributed by atoms with van der Waals surface area (Å²) in [4.78, 5) is 9.48. The van der Waals surface area contributed by atoms with Gasteiger partial charge in [0, 0.05) is 6.21 Å². The van der Waals surface area contributed by atoms with Gasteiger partial charge in [-0.25, -0.2) is 0 Å². The number of aryl methyl sites for hydroxylation is 4. The van der Waals surface area contributed by atoms with Gasteiger partial charge < -0.3 is 10.2 Å². The first kappa shape index (κ1) is 34.1. The van der Waals surface area contributed by atoms with Crippen molar-refractivity contribution in [3.05, 3.63) is 82.4 Å². The Morgan fingerprint density at radius 1 is 0.744 bits per heavy atom. The smallest absolute Gasteiger partial charge is 0.873 e. The van der Waals surface area contributed by atoms with Crippen molar-refractivity contribution in [1.82, 2.24) is 0 Å². The molecule has 0 saturated carbocycles. The summed E-state index contributed by atoms with van der Waals surface area (Å²) in [5, 5.41) is 23.0. The second kappa shape index (κ2) is 18.4. The number of para-hydroxylation sites is 1. The van der Waals surface area contributed by atoms with Gasteiger partial charge in [-0.3, -0.25) is 9.98 Å². The quantitative estimate of drug-likeness (QED) is 0.172. The van der Waals surface area contributed by atoms with Crippen LogP contribution in [0, 0.1) is 13.8 Å². The van der Waals surface area contributed by atoms with Gasteiger partial charge in [0.15, 0.2) is 0 Å². The van der Waals surface area contributed by atoms with E-state index in [-0.39, 0.29) is 28.0 Å². The van der Waals surface area contributed by atoms with Gasteiger partial charge in [-0.2, -0.15) is 0 Å². The van der Waals surface area contributed by atoms with Crippen molar-refractivity contribution in [2.45, 2.75) is 92.9 Å². The molecule has 0 aromatic heterocycles. The van der Waals surface area contributed by atoms with Crippen LogP contribution in [0.3, 0.4) is 0 Å². The van der Waals surface area contributed by atoms with Gasteiger partial charge in [-0.1, -0.05) is 82.0 Å². The minimum Gasteiger partial charge on any atom is -0.873 e. The predicted octanol–water partition coefficient (Wildman–Crippen LogP) is 8.27. The fraction of sp³-hybridized carbons (Fsp3) is 0.412. The van der Waals surface area contributed by atoms with Crippen LogP contribution in [0.15, 0.2) is 64.6 Å². The van der Waals surface area contributed by atoms with Crippen LogP contribution in [0.4, 0.5) is 11.4 Å². The van der Waals surface area contributed by atoms with Gasteiger partial charge in [-0.15, -0.1) is 11.5 Å². The number of hydrogen-bond donors (Lipinski definition) is 0. The van der Waals surface area contributed by atoms with Crippen LogP contribution >= 0.6 is 0 Å². The van der Waals surface area contributed by atoms with Gasteiger partial charge in [-0.05, 0) is 93.3 Å². The fourth-order valence-corrected chi connectivity index (χ4v) is 4.19. The molecule has 0 aliphatic carbocycles. The zero-order chi connectivity index (χ0) is 27.9. The van der Waals surface area contributed by atoms with Crippen molar-refractivity contribution in [3.63, 3.8) is 0 Å². The molecule has 4 nitrogen and oxygen atoms in total. The molecule has 3 rings (SSSR count). The summed E-state index contributed by atoms with van der Waals surface area (Å²) < 4.78 is 0. The fourth-order valence-electron chi connectivity index (χ4n) is 4.19. The Morgan fingerprint density at radius 3 is 1.92 bits per heavy atom. The summed E-state index contributed by atoms with van der Waals surface area (Å²) in [5.74, 6) is -0.627. The number of hydrogen-bond acceptors (Lipinski definition) is 4. The minimum absolute atomic E-state index is 0. The third kappa shape index (κ3) is 11.4. The van der Waals surface area contributed by atoms with Crippen molar-refractivity contribution < 1.29 is 26.7 Å². The molecule has 5 heteroatoms. The molecular weight excluding hydrogens is 527 g/mol. The molecule has 3 aromatic carbocycles. The summed E-state index contributed by atoms with van der Waals surface area (Å²) in [6.07, 6.45) is 10.0. The summed E-state index contributed by atoms with van der Waals surface area (Å²) in [6, 6.07) is 18.5. The molecule has 0 aliphatic rings. The van der Waals surface area contributed by atoms with E-state index in [1.54, 1.807) is 6.92 Å². The van der Waals surface area contributed by atoms with E-state index in [9.17, 15) is 10.2 Å². The minimum atomic E-state index is -0.332. The Balaban J connectivity index is 0.000000434. The summed E-state index contributed by atoms with van der Waals surface area (Å²) in [5.41, 5.74) is 8.01. The number of benzene rings is 3. The second-order valence-corrected chi connectivity index (χ2v) is 9.77. The van der Waals surface area contributed by atoms with E-state index < -0.39 is 0 Å². The number of nitrogens with zero attached hydrogens (tertiary/aromatic N) is 2. The molecule has 0 aliphatic heterocycles. The predicted molar refractivity (Wildman–Crippen MR) is 160 cm³/mol. The van der Waals surface area contributed by atoms with Gasteiger partial charge in [0.25, 0.3) is 0 Å². The molecular formula is C34H44N2NiO2. The van der Waals surface area contributed by atoms with Crippen LogP contribution in [0.2, 0.25) is 0 Å². The van der Waals surface area contributed by atoms with E-state index in [4.69, 9.17) is 4.99 Å². The first-order chi connectivity index (χ1) is 18.3. The molecule has 0 heterocycles. The van der Waals surface area contributed by atoms with E-state index in [1.165, 1.54) is 11.1 Å². The van der Waals surface area contributed by atoms with Crippen LogP contribution < -0.4 is 10.2 Å². The molecule has 39 heavy (non-hydrogen) atoms. The normalized spacial score (nSPS) is 11.2. The molecule has 0 saturated heterocycles. The van der Waals surface area contributed by atoms with Gasteiger partial charge in [0.1, 0.15) is 0 Å². The van der Waals surface area contributed by atoms with Gasteiger partial charge in [0.05, 0.1) is 17.1 Å². The van der Waals surface area contributed by atoms with E-state index >= 15 is 0 Å². The molecule has 0 unspecified atom stereocenters. The monoisotopic (exact) mass is 570 g/mol. The van der Waals surface area contributed by atoms with E-state index in [2.05, 4.69) is 50.9 Å². The Morgan fingerprint density at radius 2 is 1.36 bits per heavy atom. The van der Waals surface area contributed by atoms with Crippen molar-refractivity contribution in [3.8, 4) is 11.5 Å². The maximum Gasteiger partial charge on any atom is 2.00 e. The van der Waals surface area contributed by atoms with Crippen molar-refractivity contribution in [2.75, 3.05) is 0 Å². The number of rotatable bonds is 11. The average molecular weight is 571 g/mol. The molecule has 0 amide bonds. The van der Waals surface area contributed by atoms with Crippen LogP contribution in [0.5, 0.6) is 11.5 Å². The van der Waals surface area contributed by atoms with Crippen LogP contribution in [0.1, 0.15) is 87.6 Å². The van der Waals surface area contributed by atoms with Crippen molar-refractivity contribution in [2.24, 2.45) is 9.98 Å². The Bertz CT molecular complexity index is 1180. The molecule has 212 valence electrons. The largest absolute Gasteiger partial charge is 2.00 e. The van der Waals surface area contributed by atoms with Crippen molar-refractivity contribution in [1.29, 1.82) is 0 Å². The Kier molecular flexibility index (Phi) is 16.1. The van der Waals surface area contributed by atoms with Crippen LogP contribution in [-0.2, 0) is 35.8 Å². The maximum atomic E-state index is 11.6. The zero-order valence-corrected chi connectivity index (χ0v) is 25.4. The van der Waals surface area contributed by atoms with Gasteiger partial charge >= 0.3 is 16.5 Å². The number of aliphatic imine (C=N–C) groups is 2. The maximum absolute atomic E-state index is 11.6. The van der Waals surface area contributed by atoms with Crippen LogP contribution in [0.25, 0.3) is 0 Å². The average Bonchev–Trinajstić information content (AvgIpc) is 2.94. The molecule has 3 aromatic rings. The van der Waals surface area contributed by atoms with Crippen LogP contribution in [-0.4, -0.2) is 11.9 Å². The molecule has 0 N–H and O–H groups in total. The summed E-state index contributed by atoms with van der Waals surface area (Å²) >= 11 is 0. The third-order valence-electron chi connectivity index (χ3n) is 6.56. The van der Waals surface area contributed by atoms with E-state index in [1.807, 2.05) is 49.5 Å². The Hall–Kier alpha value is -2.91. The number of unbranched alkanes of at least 4 members (excludes halogenated alkanes) is 2. The molecule has 0 spiro atoms. The third-order valence-corrected chi connectivity index (χ3v) is 6.56. The first-order valence-corrected chi connectivity index (χ1v) is 14.1. The standard InChI is InChI=1S/C22H28N2.C12H18O2.Ni/c1-4-7-11-21(17-23-20-12-9-8-10-13-20)24-22-15-18(5-2)14-19(6-3)16-22;1-4-5-6-10-8(2)7-9(3)11(13)12(10)14;/h8-10,12-17H,4-7,11H2,1-3H3;7,13-14H,4-6H2,1-3H3;/q;;+2/p-2. The van der Waals surface area contributed by atoms with Gasteiger partial charge in [0.2, 0.25) is 0 Å². The molecule has 0 bridgehead atoms. The SMILES string of the molecule is CCCCC(C=Nc1ccccc1)=Nc1cc(CC)cc(CC)c1.CCCCc1c(C)cc(C)c([O-])c1[O-].[Ni+2]. The topological polar surface area (TPSA) is 70.8 Å². The van der Waals surface area contributed by atoms with E-state index in [0.717, 1.165) is 74.0 Å². The Labute approximate surface area is 246 Å². The first-order valence-electron chi connectivity index (χ1n) is 14.1. The van der Waals surface area contributed by atoms with Crippen molar-refractivity contribution >= 4 is 23.3 Å². The molecule has 0 radical (unpaired) electrons.